The average Bonchev–Trinajstić information content (AvgIpc) is 2.30. The standard InChI is InChI=1S/C12H27N3O2/c1-11(10-17-3)14(2)8-12(16)9-15-6-4-13-5-7-15/h11-13,16H,4-10H2,1-3H3. The molecule has 5 nitrogen and oxygen atoms in total. The molecule has 0 aromatic heterocycles. The maximum absolute atomic E-state index is 10.0. The van der Waals surface area contributed by atoms with Gasteiger partial charge in [0.05, 0.1) is 12.7 Å². The van der Waals surface area contributed by atoms with E-state index in [-0.39, 0.29) is 6.10 Å². The molecule has 0 radical (unpaired) electrons. The van der Waals surface area contributed by atoms with Crippen molar-refractivity contribution in [3.8, 4) is 0 Å². The summed E-state index contributed by atoms with van der Waals surface area (Å²) in [4.78, 5) is 4.46. The smallest absolute Gasteiger partial charge is 0.0793 e. The van der Waals surface area contributed by atoms with Crippen LogP contribution in [0.2, 0.25) is 0 Å². The van der Waals surface area contributed by atoms with Gasteiger partial charge >= 0.3 is 0 Å². The first kappa shape index (κ1) is 14.9. The van der Waals surface area contributed by atoms with Gasteiger partial charge < -0.3 is 15.2 Å². The van der Waals surface area contributed by atoms with Crippen LogP contribution in [-0.2, 0) is 4.74 Å². The number of nitrogens with one attached hydrogen (secondary N) is 1. The molecule has 1 aliphatic heterocycles. The van der Waals surface area contributed by atoms with E-state index in [1.807, 2.05) is 7.05 Å². The molecule has 1 aliphatic rings. The fourth-order valence-corrected chi connectivity index (χ4v) is 2.13. The van der Waals surface area contributed by atoms with Gasteiger partial charge in [-0.15, -0.1) is 0 Å². The molecule has 0 aromatic carbocycles. The molecule has 17 heavy (non-hydrogen) atoms. The highest BCUT2D eigenvalue weighted by Gasteiger charge is 2.17. The Balaban J connectivity index is 2.20. The van der Waals surface area contributed by atoms with Gasteiger partial charge in [-0.25, -0.2) is 0 Å². The number of nitrogens with zero attached hydrogens (tertiary/aromatic N) is 2. The maximum atomic E-state index is 10.0. The minimum absolute atomic E-state index is 0.280. The molecule has 0 spiro atoms. The van der Waals surface area contributed by atoms with Crippen LogP contribution in [0.4, 0.5) is 0 Å². The Morgan fingerprint density at radius 1 is 1.41 bits per heavy atom. The number of ether oxygens (including phenoxy) is 1. The molecule has 102 valence electrons. The van der Waals surface area contributed by atoms with E-state index in [2.05, 4.69) is 22.0 Å². The molecule has 0 amide bonds. The van der Waals surface area contributed by atoms with Crippen molar-refractivity contribution in [2.24, 2.45) is 0 Å². The van der Waals surface area contributed by atoms with Crippen molar-refractivity contribution in [3.05, 3.63) is 0 Å². The summed E-state index contributed by atoms with van der Waals surface area (Å²) in [5.74, 6) is 0. The van der Waals surface area contributed by atoms with Crippen LogP contribution in [0, 0.1) is 0 Å². The van der Waals surface area contributed by atoms with Crippen molar-refractivity contribution in [2.75, 3.05) is 60.0 Å². The Kier molecular flexibility index (Phi) is 6.99. The first-order chi connectivity index (χ1) is 8.13. The van der Waals surface area contributed by atoms with Gasteiger partial charge in [-0.1, -0.05) is 0 Å². The molecule has 1 fully saturated rings. The van der Waals surface area contributed by atoms with Crippen LogP contribution >= 0.6 is 0 Å². The number of piperazine rings is 1. The van der Waals surface area contributed by atoms with Crippen molar-refractivity contribution >= 4 is 0 Å². The minimum atomic E-state index is -0.280. The van der Waals surface area contributed by atoms with Crippen molar-refractivity contribution in [1.29, 1.82) is 0 Å². The van der Waals surface area contributed by atoms with Gasteiger partial charge in [0, 0.05) is 52.4 Å². The molecule has 0 aliphatic carbocycles. The lowest BCUT2D eigenvalue weighted by atomic mass is 10.2. The quantitative estimate of drug-likeness (QED) is 0.616. The lowest BCUT2D eigenvalue weighted by Crippen LogP contribution is -2.49. The normalized spacial score (nSPS) is 21.7. The van der Waals surface area contributed by atoms with Crippen LogP contribution in [0.15, 0.2) is 0 Å². The Labute approximate surface area is 105 Å². The van der Waals surface area contributed by atoms with Gasteiger partial charge in [0.15, 0.2) is 0 Å². The Morgan fingerprint density at radius 2 is 2.06 bits per heavy atom. The molecule has 0 saturated carbocycles. The van der Waals surface area contributed by atoms with Gasteiger partial charge in [-0.05, 0) is 14.0 Å². The number of methoxy groups -OCH3 is 1. The molecule has 1 heterocycles. The average molecular weight is 245 g/mol. The number of hydrogen-bond acceptors (Lipinski definition) is 5. The van der Waals surface area contributed by atoms with Crippen LogP contribution in [-0.4, -0.2) is 87.1 Å². The van der Waals surface area contributed by atoms with Crippen LogP contribution in [0.3, 0.4) is 0 Å². The molecule has 2 atom stereocenters. The number of β-amino-alcohol motifs (C(OH)–C–C–N with tert-alkyl or cyclic N) is 1. The van der Waals surface area contributed by atoms with E-state index in [9.17, 15) is 5.11 Å². The highest BCUT2D eigenvalue weighted by Crippen LogP contribution is 2.01. The van der Waals surface area contributed by atoms with Crippen LogP contribution in [0.25, 0.3) is 0 Å². The first-order valence-electron chi connectivity index (χ1n) is 6.43. The number of likely N-dealkylation sites (N-methyl/N-ethyl adjacent to an activating group) is 1. The third-order valence-electron chi connectivity index (χ3n) is 3.34. The summed E-state index contributed by atoms with van der Waals surface area (Å²) in [5, 5.41) is 13.4. The van der Waals surface area contributed by atoms with Crippen molar-refractivity contribution in [1.82, 2.24) is 15.1 Å². The zero-order valence-corrected chi connectivity index (χ0v) is 11.4. The van der Waals surface area contributed by atoms with Crippen LogP contribution in [0.1, 0.15) is 6.92 Å². The number of rotatable bonds is 7. The zero-order chi connectivity index (χ0) is 12.7. The highest BCUT2D eigenvalue weighted by atomic mass is 16.5. The molecule has 5 heteroatoms. The Bertz CT molecular complexity index is 198. The van der Waals surface area contributed by atoms with E-state index < -0.39 is 0 Å². The van der Waals surface area contributed by atoms with Gasteiger partial charge in [0.25, 0.3) is 0 Å². The minimum Gasteiger partial charge on any atom is -0.390 e. The number of aliphatic hydroxyl groups is 1. The third kappa shape index (κ3) is 5.79. The lowest BCUT2D eigenvalue weighted by Gasteiger charge is -2.32. The van der Waals surface area contributed by atoms with E-state index >= 15 is 0 Å². The summed E-state index contributed by atoms with van der Waals surface area (Å²) in [7, 11) is 3.74. The second-order valence-corrected chi connectivity index (χ2v) is 4.95. The van der Waals surface area contributed by atoms with E-state index in [1.165, 1.54) is 0 Å². The fraction of sp³-hybridized carbons (Fsp3) is 1.00. The maximum Gasteiger partial charge on any atom is 0.0793 e. The number of aliphatic hydroxyl groups excluding tert-OH is 1. The van der Waals surface area contributed by atoms with Crippen molar-refractivity contribution < 1.29 is 9.84 Å². The molecular formula is C12H27N3O2. The summed E-state index contributed by atoms with van der Waals surface area (Å²) < 4.78 is 5.11. The van der Waals surface area contributed by atoms with Crippen molar-refractivity contribution in [3.63, 3.8) is 0 Å². The zero-order valence-electron chi connectivity index (χ0n) is 11.4. The topological polar surface area (TPSA) is 48.0 Å². The molecule has 0 aromatic rings. The largest absolute Gasteiger partial charge is 0.390 e. The summed E-state index contributed by atoms with van der Waals surface area (Å²) in [6, 6.07) is 0.345. The van der Waals surface area contributed by atoms with E-state index in [0.29, 0.717) is 19.2 Å². The van der Waals surface area contributed by atoms with Crippen LogP contribution < -0.4 is 5.32 Å². The SMILES string of the molecule is COCC(C)N(C)CC(O)CN1CCNCC1. The van der Waals surface area contributed by atoms with E-state index in [4.69, 9.17) is 4.74 Å². The predicted octanol–water partition coefficient (Wildman–Crippen LogP) is -0.781. The van der Waals surface area contributed by atoms with Gasteiger partial charge in [-0.2, -0.15) is 0 Å². The monoisotopic (exact) mass is 245 g/mol. The van der Waals surface area contributed by atoms with Gasteiger partial charge in [0.2, 0.25) is 0 Å². The fourth-order valence-electron chi connectivity index (χ4n) is 2.13. The molecule has 0 bridgehead atoms. The molecule has 2 N–H and O–H groups in total. The summed E-state index contributed by atoms with van der Waals surface area (Å²) in [5.41, 5.74) is 0. The van der Waals surface area contributed by atoms with Gasteiger partial charge in [-0.3, -0.25) is 9.80 Å². The van der Waals surface area contributed by atoms with Gasteiger partial charge in [0.1, 0.15) is 0 Å². The van der Waals surface area contributed by atoms with Crippen LogP contribution in [0.5, 0.6) is 0 Å². The molecule has 1 rings (SSSR count). The molecular weight excluding hydrogens is 218 g/mol. The second-order valence-electron chi connectivity index (χ2n) is 4.95. The van der Waals surface area contributed by atoms with E-state index in [0.717, 1.165) is 32.7 Å². The first-order valence-corrected chi connectivity index (χ1v) is 6.43. The number of hydrogen-bond donors (Lipinski definition) is 2. The van der Waals surface area contributed by atoms with E-state index in [1.54, 1.807) is 7.11 Å². The van der Waals surface area contributed by atoms with Crippen molar-refractivity contribution in [2.45, 2.75) is 19.1 Å². The molecule has 2 unspecified atom stereocenters. The summed E-state index contributed by atoms with van der Waals surface area (Å²) in [6.45, 7) is 8.42. The predicted molar refractivity (Wildman–Crippen MR) is 69.3 cm³/mol. The molecule has 1 saturated heterocycles. The third-order valence-corrected chi connectivity index (χ3v) is 3.34. The summed E-state index contributed by atoms with van der Waals surface area (Å²) in [6.07, 6.45) is -0.280. The second kappa shape index (κ2) is 8.00. The summed E-state index contributed by atoms with van der Waals surface area (Å²) >= 11 is 0. The Morgan fingerprint density at radius 3 is 2.65 bits per heavy atom. The Hall–Kier alpha value is -0.200. The highest BCUT2D eigenvalue weighted by molar-refractivity contribution is 4.74. The lowest BCUT2D eigenvalue weighted by molar-refractivity contribution is 0.0483.